The summed E-state index contributed by atoms with van der Waals surface area (Å²) in [6.45, 7) is 5.99. The monoisotopic (exact) mass is 488 g/mol. The van der Waals surface area contributed by atoms with Crippen LogP contribution in [0.15, 0.2) is 54.6 Å². The zero-order valence-electron chi connectivity index (χ0n) is 14.5. The Labute approximate surface area is 160 Å². The maximum absolute atomic E-state index is 13.0. The number of Topliss-reactive ketones (excluding diaryl/α,β-unsaturated/α-hetero) is 1. The summed E-state index contributed by atoms with van der Waals surface area (Å²) in [4.78, 5) is 13.0. The van der Waals surface area contributed by atoms with Crippen molar-refractivity contribution in [3.05, 3.63) is 76.9 Å². The van der Waals surface area contributed by atoms with Crippen molar-refractivity contribution in [1.29, 1.82) is 0 Å². The molecule has 130 valence electrons. The van der Waals surface area contributed by atoms with Crippen LogP contribution in [-0.4, -0.2) is 21.7 Å². The minimum atomic E-state index is -3.57. The summed E-state index contributed by atoms with van der Waals surface area (Å²) in [5.41, 5.74) is 3.91. The van der Waals surface area contributed by atoms with Gasteiger partial charge >= 0.3 is 161 Å². The van der Waals surface area contributed by atoms with E-state index < -0.39 is 15.9 Å². The van der Waals surface area contributed by atoms with Crippen molar-refractivity contribution in [1.82, 2.24) is 0 Å². The second-order valence-electron chi connectivity index (χ2n) is 6.39. The predicted molar refractivity (Wildman–Crippen MR) is 111 cm³/mol. The van der Waals surface area contributed by atoms with Gasteiger partial charge in [-0.3, -0.25) is 0 Å². The molecule has 1 nitrogen and oxygen atoms in total. The van der Waals surface area contributed by atoms with Gasteiger partial charge in [-0.15, -0.1) is 0 Å². The van der Waals surface area contributed by atoms with Gasteiger partial charge in [-0.25, -0.2) is 0 Å². The Kier molecular flexibility index (Phi) is 5.47. The van der Waals surface area contributed by atoms with E-state index in [-0.39, 0.29) is 10.3 Å². The van der Waals surface area contributed by atoms with Gasteiger partial charge in [0.25, 0.3) is 0 Å². The Morgan fingerprint density at radius 1 is 0.920 bits per heavy atom. The number of rotatable bonds is 4. The molecule has 3 aromatic rings. The van der Waals surface area contributed by atoms with E-state index in [1.807, 2.05) is 75.4 Å². The summed E-state index contributed by atoms with van der Waals surface area (Å²) in [6, 6.07) is 18.1. The maximum atomic E-state index is 13.0. The molecule has 25 heavy (non-hydrogen) atoms. The second-order valence-corrected chi connectivity index (χ2v) is 19.9. The van der Waals surface area contributed by atoms with E-state index in [1.54, 1.807) is 0 Å². The molecule has 0 aromatic heterocycles. The second kappa shape index (κ2) is 7.29. The van der Waals surface area contributed by atoms with Crippen LogP contribution < -0.4 is 3.61 Å². The fourth-order valence-corrected chi connectivity index (χ4v) is 10.6. The molecule has 0 saturated carbocycles. The van der Waals surface area contributed by atoms with Crippen molar-refractivity contribution in [2.24, 2.45) is 0 Å². The molecule has 4 heteroatoms. The number of halogens is 2. The molecule has 0 radical (unpaired) electrons. The zero-order valence-corrected chi connectivity index (χ0v) is 18.3. The average molecular weight is 487 g/mol. The van der Waals surface area contributed by atoms with Gasteiger partial charge in [0.15, 0.2) is 0 Å². The molecule has 0 aliphatic heterocycles. The summed E-state index contributed by atoms with van der Waals surface area (Å²) in [5.74, 6) is 0.0501. The summed E-state index contributed by atoms with van der Waals surface area (Å²) < 4.78 is 1.18. The fraction of sp³-hybridized carbons (Fsp3) is 0.190. The number of ketones is 1. The van der Waals surface area contributed by atoms with Crippen molar-refractivity contribution in [3.8, 4) is 0 Å². The van der Waals surface area contributed by atoms with Crippen LogP contribution in [0.5, 0.6) is 0 Å². The van der Waals surface area contributed by atoms with Gasteiger partial charge in [0.05, 0.1) is 0 Å². The van der Waals surface area contributed by atoms with Crippen LogP contribution in [0.1, 0.15) is 27.0 Å². The van der Waals surface area contributed by atoms with Crippen molar-refractivity contribution in [2.75, 3.05) is 0 Å². The molecular weight excluding hydrogens is 467 g/mol. The standard InChI is InChI=1S/C21H20Cl2OTe/c1-14-11-15(2)21(16(3)12-14)19(24)13-25(22,23)20-10-6-8-17-7-4-5-9-18(17)20/h4-12H,13H2,1-3H3. The van der Waals surface area contributed by atoms with Crippen LogP contribution in [0.2, 0.25) is 4.47 Å². The number of hydrogen-bond donors (Lipinski definition) is 0. The van der Waals surface area contributed by atoms with Crippen molar-refractivity contribution in [3.63, 3.8) is 0 Å². The average Bonchev–Trinajstić information content (AvgIpc) is 2.52. The van der Waals surface area contributed by atoms with Crippen LogP contribution in [0.3, 0.4) is 0 Å². The first-order valence-electron chi connectivity index (χ1n) is 8.09. The molecule has 0 atom stereocenters. The van der Waals surface area contributed by atoms with Gasteiger partial charge in [-0.1, -0.05) is 0 Å². The summed E-state index contributed by atoms with van der Waals surface area (Å²) >= 11 is -3.57. The van der Waals surface area contributed by atoms with E-state index in [9.17, 15) is 4.79 Å². The van der Waals surface area contributed by atoms with Crippen LogP contribution in [0, 0.1) is 20.8 Å². The van der Waals surface area contributed by atoms with E-state index in [0.29, 0.717) is 0 Å². The zero-order chi connectivity index (χ0) is 18.2. The predicted octanol–water partition coefficient (Wildman–Crippen LogP) is 5.77. The molecular formula is C21H20Cl2OTe. The summed E-state index contributed by atoms with van der Waals surface area (Å²) in [7, 11) is 13.7. The molecule has 0 aliphatic rings. The molecule has 0 heterocycles. The third kappa shape index (κ3) is 3.88. The molecule has 0 fully saturated rings. The summed E-state index contributed by atoms with van der Waals surface area (Å²) in [6.07, 6.45) is 0. The van der Waals surface area contributed by atoms with E-state index >= 15 is 0 Å². The van der Waals surface area contributed by atoms with Crippen LogP contribution in [0.25, 0.3) is 10.8 Å². The van der Waals surface area contributed by atoms with Crippen molar-refractivity contribution in [2.45, 2.75) is 25.2 Å². The van der Waals surface area contributed by atoms with Crippen molar-refractivity contribution < 1.29 is 4.79 Å². The van der Waals surface area contributed by atoms with Crippen LogP contribution in [-0.2, 0) is 0 Å². The third-order valence-electron chi connectivity index (χ3n) is 4.34. The number of carbonyl (C=O) groups is 1. The van der Waals surface area contributed by atoms with Gasteiger partial charge in [0.2, 0.25) is 0 Å². The number of aryl methyl sites for hydroxylation is 3. The van der Waals surface area contributed by atoms with Gasteiger partial charge in [-0.05, 0) is 0 Å². The van der Waals surface area contributed by atoms with Gasteiger partial charge in [0.1, 0.15) is 0 Å². The van der Waals surface area contributed by atoms with Gasteiger partial charge in [-0.2, -0.15) is 0 Å². The molecule has 0 aliphatic carbocycles. The van der Waals surface area contributed by atoms with E-state index in [1.165, 1.54) is 0 Å². The fourth-order valence-electron chi connectivity index (χ4n) is 3.39. The van der Waals surface area contributed by atoms with Gasteiger partial charge < -0.3 is 0 Å². The molecule has 0 unspecified atom stereocenters. The molecule has 0 spiro atoms. The summed E-state index contributed by atoms with van der Waals surface area (Å²) in [5, 5.41) is 2.16. The SMILES string of the molecule is Cc1cc(C)c(C(=O)C[Te](Cl)(Cl)c2cccc3ccccc23)c(C)c1. The molecule has 0 N–H and O–H groups in total. The Morgan fingerprint density at radius 2 is 1.52 bits per heavy atom. The van der Waals surface area contributed by atoms with E-state index in [0.717, 1.165) is 36.6 Å². The minimum absolute atomic E-state index is 0.0501. The number of fused-ring (bicyclic) bond motifs is 1. The first-order valence-corrected chi connectivity index (χ1v) is 16.8. The molecule has 0 saturated heterocycles. The Balaban J connectivity index is 2.00. The quantitative estimate of drug-likeness (QED) is 0.338. The third-order valence-corrected chi connectivity index (χ3v) is 12.7. The Bertz CT molecular complexity index is 935. The Morgan fingerprint density at radius 3 is 2.20 bits per heavy atom. The Hall–Kier alpha value is -1.04. The van der Waals surface area contributed by atoms with Crippen LogP contribution in [0.4, 0.5) is 0 Å². The van der Waals surface area contributed by atoms with E-state index in [4.69, 9.17) is 17.9 Å². The number of benzene rings is 3. The van der Waals surface area contributed by atoms with Crippen molar-refractivity contribution >= 4 is 54.0 Å². The molecule has 0 bridgehead atoms. The number of carbonyl (C=O) groups excluding carboxylic acids is 1. The molecule has 3 rings (SSSR count). The number of hydrogen-bond acceptors (Lipinski definition) is 1. The molecule has 0 amide bonds. The van der Waals surface area contributed by atoms with Gasteiger partial charge in [0, 0.05) is 0 Å². The van der Waals surface area contributed by atoms with Crippen LogP contribution >= 0.6 is 17.9 Å². The normalized spacial score (nSPS) is 12.4. The first-order chi connectivity index (χ1) is 11.8. The topological polar surface area (TPSA) is 17.1 Å². The molecule has 3 aromatic carbocycles. The van der Waals surface area contributed by atoms with E-state index in [2.05, 4.69) is 0 Å². The first kappa shape index (κ1) is 18.7.